The van der Waals surface area contributed by atoms with Crippen molar-refractivity contribution < 1.29 is 13.2 Å². The van der Waals surface area contributed by atoms with E-state index in [-0.39, 0.29) is 17.6 Å². The second-order valence-electron chi connectivity index (χ2n) is 5.88. The largest absolute Gasteiger partial charge is 0.416 e. The molecule has 8 heteroatoms. The molecule has 2 aromatic heterocycles. The van der Waals surface area contributed by atoms with Crippen LogP contribution in [0.3, 0.4) is 0 Å². The second kappa shape index (κ2) is 5.91. The third-order valence-electron chi connectivity index (χ3n) is 4.10. The SMILES string of the molecule is Cc1nn(Cc2nc3cc(C(F)(F)F)ccc3s2)c(=O)c2ccccc12. The van der Waals surface area contributed by atoms with Gasteiger partial charge in [-0.05, 0) is 31.2 Å². The van der Waals surface area contributed by atoms with Gasteiger partial charge in [0.15, 0.2) is 0 Å². The molecule has 0 spiro atoms. The zero-order chi connectivity index (χ0) is 18.5. The van der Waals surface area contributed by atoms with Gasteiger partial charge in [-0.1, -0.05) is 18.2 Å². The molecule has 4 aromatic rings. The molecule has 0 atom stereocenters. The Balaban J connectivity index is 1.77. The molecule has 0 unspecified atom stereocenters. The molecular weight excluding hydrogens is 363 g/mol. The lowest BCUT2D eigenvalue weighted by Crippen LogP contribution is -2.24. The highest BCUT2D eigenvalue weighted by Crippen LogP contribution is 2.33. The van der Waals surface area contributed by atoms with E-state index in [0.29, 0.717) is 20.8 Å². The first kappa shape index (κ1) is 16.7. The van der Waals surface area contributed by atoms with Gasteiger partial charge in [-0.15, -0.1) is 11.3 Å². The molecule has 0 saturated carbocycles. The van der Waals surface area contributed by atoms with Crippen LogP contribution in [0.1, 0.15) is 16.3 Å². The van der Waals surface area contributed by atoms with E-state index >= 15 is 0 Å². The van der Waals surface area contributed by atoms with Crippen molar-refractivity contribution in [1.29, 1.82) is 0 Å². The van der Waals surface area contributed by atoms with Gasteiger partial charge < -0.3 is 0 Å². The lowest BCUT2D eigenvalue weighted by Gasteiger charge is -2.07. The molecule has 0 saturated heterocycles. The first-order chi connectivity index (χ1) is 12.3. The Kier molecular flexibility index (Phi) is 3.80. The minimum absolute atomic E-state index is 0.116. The number of hydrogen-bond donors (Lipinski definition) is 0. The second-order valence-corrected chi connectivity index (χ2v) is 7.00. The van der Waals surface area contributed by atoms with Gasteiger partial charge in [0, 0.05) is 5.39 Å². The van der Waals surface area contributed by atoms with Crippen LogP contribution in [0.2, 0.25) is 0 Å². The molecule has 26 heavy (non-hydrogen) atoms. The van der Waals surface area contributed by atoms with Crippen LogP contribution in [0.4, 0.5) is 13.2 Å². The summed E-state index contributed by atoms with van der Waals surface area (Å²) in [6.07, 6.45) is -4.41. The van der Waals surface area contributed by atoms with Crippen LogP contribution < -0.4 is 5.56 Å². The minimum atomic E-state index is -4.41. The molecule has 0 aliphatic rings. The summed E-state index contributed by atoms with van der Waals surface area (Å²) in [5, 5.41) is 6.19. The summed E-state index contributed by atoms with van der Waals surface area (Å²) in [6, 6.07) is 10.7. The van der Waals surface area contributed by atoms with Gasteiger partial charge in [-0.3, -0.25) is 4.79 Å². The van der Waals surface area contributed by atoms with E-state index in [0.717, 1.165) is 17.5 Å². The van der Waals surface area contributed by atoms with E-state index in [1.807, 2.05) is 19.1 Å². The van der Waals surface area contributed by atoms with Crippen LogP contribution in [-0.2, 0) is 12.7 Å². The molecule has 0 bridgehead atoms. The van der Waals surface area contributed by atoms with Gasteiger partial charge in [0.2, 0.25) is 0 Å². The number of alkyl halides is 3. The average Bonchev–Trinajstić information content (AvgIpc) is 3.00. The Morgan fingerprint density at radius 3 is 2.58 bits per heavy atom. The van der Waals surface area contributed by atoms with Crippen LogP contribution in [0.15, 0.2) is 47.3 Å². The zero-order valence-electron chi connectivity index (χ0n) is 13.5. The summed E-state index contributed by atoms with van der Waals surface area (Å²) in [7, 11) is 0. The predicted molar refractivity (Wildman–Crippen MR) is 94.5 cm³/mol. The number of aryl methyl sites for hydroxylation is 1. The third-order valence-corrected chi connectivity index (χ3v) is 5.12. The minimum Gasteiger partial charge on any atom is -0.267 e. The number of benzene rings is 2. The number of nitrogens with zero attached hydrogens (tertiary/aromatic N) is 3. The molecule has 4 rings (SSSR count). The molecule has 0 aliphatic carbocycles. The number of halogens is 3. The normalized spacial score (nSPS) is 12.2. The fraction of sp³-hybridized carbons (Fsp3) is 0.167. The molecule has 2 aromatic carbocycles. The lowest BCUT2D eigenvalue weighted by atomic mass is 10.1. The van der Waals surface area contributed by atoms with E-state index in [2.05, 4.69) is 10.1 Å². The molecule has 2 heterocycles. The quantitative estimate of drug-likeness (QED) is 0.522. The highest BCUT2D eigenvalue weighted by atomic mass is 32.1. The third kappa shape index (κ3) is 2.86. The molecule has 0 aliphatic heterocycles. The molecule has 0 amide bonds. The predicted octanol–water partition coefficient (Wildman–Crippen LogP) is 4.38. The van der Waals surface area contributed by atoms with Crippen molar-refractivity contribution >= 4 is 32.3 Å². The van der Waals surface area contributed by atoms with Crippen LogP contribution in [0, 0.1) is 6.92 Å². The van der Waals surface area contributed by atoms with Crippen LogP contribution in [0.5, 0.6) is 0 Å². The maximum Gasteiger partial charge on any atom is 0.416 e. The van der Waals surface area contributed by atoms with Gasteiger partial charge in [-0.2, -0.15) is 18.3 Å². The first-order valence-corrected chi connectivity index (χ1v) is 8.58. The Bertz CT molecular complexity index is 1190. The van der Waals surface area contributed by atoms with Crippen molar-refractivity contribution in [2.45, 2.75) is 19.6 Å². The van der Waals surface area contributed by atoms with Crippen molar-refractivity contribution in [2.24, 2.45) is 0 Å². The fourth-order valence-corrected chi connectivity index (χ4v) is 3.79. The van der Waals surface area contributed by atoms with Crippen molar-refractivity contribution in [3.05, 3.63) is 69.1 Å². The Morgan fingerprint density at radius 2 is 1.85 bits per heavy atom. The summed E-state index contributed by atoms with van der Waals surface area (Å²) in [5.74, 6) is 0. The highest BCUT2D eigenvalue weighted by Gasteiger charge is 2.30. The van der Waals surface area contributed by atoms with Crippen LogP contribution in [-0.4, -0.2) is 14.8 Å². The van der Waals surface area contributed by atoms with E-state index in [9.17, 15) is 18.0 Å². The summed E-state index contributed by atoms with van der Waals surface area (Å²) >= 11 is 1.25. The summed E-state index contributed by atoms with van der Waals surface area (Å²) in [5.41, 5.74) is -0.00816. The summed E-state index contributed by atoms with van der Waals surface area (Å²) < 4.78 is 40.4. The van der Waals surface area contributed by atoms with Crippen LogP contribution >= 0.6 is 11.3 Å². The van der Waals surface area contributed by atoms with Gasteiger partial charge in [-0.25, -0.2) is 9.67 Å². The van der Waals surface area contributed by atoms with Crippen molar-refractivity contribution in [1.82, 2.24) is 14.8 Å². The lowest BCUT2D eigenvalue weighted by molar-refractivity contribution is -0.137. The maximum atomic E-state index is 12.8. The monoisotopic (exact) mass is 375 g/mol. The molecule has 0 fully saturated rings. The van der Waals surface area contributed by atoms with Crippen molar-refractivity contribution in [3.8, 4) is 0 Å². The standard InChI is InChI=1S/C18H12F3N3OS/c1-10-12-4-2-3-5-13(12)17(25)24(23-10)9-16-22-14-8-11(18(19,20)21)6-7-15(14)26-16/h2-8H,9H2,1H3. The number of thiazole rings is 1. The average molecular weight is 375 g/mol. The van der Waals surface area contributed by atoms with Gasteiger partial charge in [0.1, 0.15) is 5.01 Å². The van der Waals surface area contributed by atoms with Crippen molar-refractivity contribution in [3.63, 3.8) is 0 Å². The highest BCUT2D eigenvalue weighted by molar-refractivity contribution is 7.18. The maximum absolute atomic E-state index is 12.8. The molecule has 4 nitrogen and oxygen atoms in total. The molecule has 0 radical (unpaired) electrons. The van der Waals surface area contributed by atoms with E-state index < -0.39 is 11.7 Å². The van der Waals surface area contributed by atoms with E-state index in [1.54, 1.807) is 12.1 Å². The Morgan fingerprint density at radius 1 is 1.12 bits per heavy atom. The van der Waals surface area contributed by atoms with Gasteiger partial charge in [0.25, 0.3) is 5.56 Å². The summed E-state index contributed by atoms with van der Waals surface area (Å²) in [4.78, 5) is 16.9. The Hall–Kier alpha value is -2.74. The van der Waals surface area contributed by atoms with Gasteiger partial charge >= 0.3 is 6.18 Å². The van der Waals surface area contributed by atoms with Crippen molar-refractivity contribution in [2.75, 3.05) is 0 Å². The van der Waals surface area contributed by atoms with Gasteiger partial charge in [0.05, 0.1) is 33.4 Å². The number of rotatable bonds is 2. The Labute approximate surface area is 149 Å². The first-order valence-electron chi connectivity index (χ1n) is 7.76. The van der Waals surface area contributed by atoms with Crippen LogP contribution in [0.25, 0.3) is 21.0 Å². The molecule has 132 valence electrons. The number of aromatic nitrogens is 3. The zero-order valence-corrected chi connectivity index (χ0v) is 14.4. The van der Waals surface area contributed by atoms with E-state index in [1.165, 1.54) is 22.1 Å². The fourth-order valence-electron chi connectivity index (χ4n) is 2.86. The topological polar surface area (TPSA) is 47.8 Å². The smallest absolute Gasteiger partial charge is 0.267 e. The molecular formula is C18H12F3N3OS. The molecule has 0 N–H and O–H groups in total. The number of fused-ring (bicyclic) bond motifs is 2. The number of hydrogen-bond acceptors (Lipinski definition) is 4. The van der Waals surface area contributed by atoms with E-state index in [4.69, 9.17) is 0 Å². The summed E-state index contributed by atoms with van der Waals surface area (Å²) in [6.45, 7) is 1.93.